The number of fused-ring (bicyclic) bond motifs is 1. The lowest BCUT2D eigenvalue weighted by Crippen LogP contribution is -2.31. The standard InChI is InChI=1S/C23H23N3O2/c1-27-21-10-8-18(22(15-21)28-2)7-9-20-11-13-24-23(25-20)26-14-12-17-5-3-4-6-19(17)16-26/h3-11,13,15H,12,14,16H2,1-2H3/b9-7+. The third-order valence-corrected chi connectivity index (χ3v) is 4.95. The van der Waals surface area contributed by atoms with Crippen LogP contribution in [0.5, 0.6) is 11.5 Å². The number of ether oxygens (including phenoxy) is 2. The lowest BCUT2D eigenvalue weighted by atomic mass is 10.0. The van der Waals surface area contributed by atoms with Crippen molar-refractivity contribution in [3.63, 3.8) is 0 Å². The molecule has 0 aliphatic carbocycles. The number of benzene rings is 2. The molecule has 0 radical (unpaired) electrons. The third kappa shape index (κ3) is 3.83. The molecule has 0 saturated carbocycles. The van der Waals surface area contributed by atoms with Crippen molar-refractivity contribution in [2.24, 2.45) is 0 Å². The van der Waals surface area contributed by atoms with Gasteiger partial charge in [-0.2, -0.15) is 0 Å². The molecule has 1 aliphatic rings. The van der Waals surface area contributed by atoms with Gasteiger partial charge in [0.1, 0.15) is 11.5 Å². The van der Waals surface area contributed by atoms with E-state index in [4.69, 9.17) is 14.5 Å². The fourth-order valence-electron chi connectivity index (χ4n) is 3.40. The number of aromatic nitrogens is 2. The Kier molecular flexibility index (Phi) is 5.24. The molecule has 0 amide bonds. The Balaban J connectivity index is 1.54. The van der Waals surface area contributed by atoms with Crippen LogP contribution in [0.3, 0.4) is 0 Å². The molecule has 2 aromatic carbocycles. The second-order valence-electron chi connectivity index (χ2n) is 6.66. The van der Waals surface area contributed by atoms with Crippen molar-refractivity contribution in [3.8, 4) is 11.5 Å². The van der Waals surface area contributed by atoms with Gasteiger partial charge in [-0.15, -0.1) is 0 Å². The summed E-state index contributed by atoms with van der Waals surface area (Å²) in [5.74, 6) is 2.29. The van der Waals surface area contributed by atoms with Crippen LogP contribution >= 0.6 is 0 Å². The highest BCUT2D eigenvalue weighted by atomic mass is 16.5. The summed E-state index contributed by atoms with van der Waals surface area (Å²) in [5, 5.41) is 0. The Morgan fingerprint density at radius 1 is 0.964 bits per heavy atom. The summed E-state index contributed by atoms with van der Waals surface area (Å²) in [7, 11) is 3.30. The summed E-state index contributed by atoms with van der Waals surface area (Å²) in [5.41, 5.74) is 4.60. The molecule has 0 bridgehead atoms. The van der Waals surface area contributed by atoms with Gasteiger partial charge in [-0.3, -0.25) is 0 Å². The zero-order valence-electron chi connectivity index (χ0n) is 16.1. The maximum absolute atomic E-state index is 5.46. The van der Waals surface area contributed by atoms with Gasteiger partial charge in [0.25, 0.3) is 0 Å². The maximum Gasteiger partial charge on any atom is 0.226 e. The molecule has 5 heteroatoms. The average molecular weight is 373 g/mol. The molecule has 0 atom stereocenters. The Morgan fingerprint density at radius 3 is 2.64 bits per heavy atom. The molecule has 0 spiro atoms. The lowest BCUT2D eigenvalue weighted by Gasteiger charge is -2.28. The third-order valence-electron chi connectivity index (χ3n) is 4.95. The van der Waals surface area contributed by atoms with Crippen LogP contribution in [0, 0.1) is 0 Å². The fraction of sp³-hybridized carbons (Fsp3) is 0.217. The minimum absolute atomic E-state index is 0.762. The van der Waals surface area contributed by atoms with Crippen LogP contribution in [-0.2, 0) is 13.0 Å². The highest BCUT2D eigenvalue weighted by molar-refractivity contribution is 5.72. The van der Waals surface area contributed by atoms with Gasteiger partial charge in [0.05, 0.1) is 19.9 Å². The highest BCUT2D eigenvalue weighted by Crippen LogP contribution is 2.26. The first-order valence-electron chi connectivity index (χ1n) is 9.32. The quantitative estimate of drug-likeness (QED) is 0.670. The fourth-order valence-corrected chi connectivity index (χ4v) is 3.40. The molecule has 4 rings (SSSR count). The second kappa shape index (κ2) is 8.13. The first-order valence-corrected chi connectivity index (χ1v) is 9.32. The van der Waals surface area contributed by atoms with Crippen LogP contribution in [-0.4, -0.2) is 30.7 Å². The molecule has 142 valence electrons. The minimum atomic E-state index is 0.762. The van der Waals surface area contributed by atoms with E-state index in [1.165, 1.54) is 11.1 Å². The molecular weight excluding hydrogens is 350 g/mol. The van der Waals surface area contributed by atoms with Gasteiger partial charge >= 0.3 is 0 Å². The molecular formula is C23H23N3O2. The molecule has 2 heterocycles. The Labute approximate surface area is 165 Å². The van der Waals surface area contributed by atoms with E-state index in [1.807, 2.05) is 42.6 Å². The summed E-state index contributed by atoms with van der Waals surface area (Å²) >= 11 is 0. The number of anilines is 1. The van der Waals surface area contributed by atoms with Crippen molar-refractivity contribution in [2.75, 3.05) is 25.7 Å². The molecule has 0 N–H and O–H groups in total. The van der Waals surface area contributed by atoms with Gasteiger partial charge in [0, 0.05) is 30.9 Å². The van der Waals surface area contributed by atoms with Gasteiger partial charge in [-0.05, 0) is 47.9 Å². The Bertz CT molecular complexity index is 1000. The normalized spacial score (nSPS) is 13.4. The van der Waals surface area contributed by atoms with Crippen molar-refractivity contribution in [2.45, 2.75) is 13.0 Å². The minimum Gasteiger partial charge on any atom is -0.497 e. The lowest BCUT2D eigenvalue weighted by molar-refractivity contribution is 0.394. The van der Waals surface area contributed by atoms with E-state index >= 15 is 0 Å². The van der Waals surface area contributed by atoms with Crippen molar-refractivity contribution in [3.05, 3.63) is 77.1 Å². The average Bonchev–Trinajstić information content (AvgIpc) is 2.77. The molecule has 0 saturated heterocycles. The van der Waals surface area contributed by atoms with E-state index in [1.54, 1.807) is 14.2 Å². The van der Waals surface area contributed by atoms with Crippen LogP contribution in [0.25, 0.3) is 12.2 Å². The topological polar surface area (TPSA) is 47.5 Å². The van der Waals surface area contributed by atoms with Crippen molar-refractivity contribution in [1.29, 1.82) is 0 Å². The molecule has 3 aromatic rings. The van der Waals surface area contributed by atoms with Gasteiger partial charge in [0.2, 0.25) is 5.95 Å². The highest BCUT2D eigenvalue weighted by Gasteiger charge is 2.17. The van der Waals surface area contributed by atoms with Gasteiger partial charge in [0.15, 0.2) is 0 Å². The van der Waals surface area contributed by atoms with Crippen molar-refractivity contribution >= 4 is 18.1 Å². The van der Waals surface area contributed by atoms with E-state index in [0.29, 0.717) is 0 Å². The molecule has 0 unspecified atom stereocenters. The molecule has 28 heavy (non-hydrogen) atoms. The Hall–Kier alpha value is -3.34. The van der Waals surface area contributed by atoms with Crippen LogP contribution < -0.4 is 14.4 Å². The predicted molar refractivity (Wildman–Crippen MR) is 112 cm³/mol. The second-order valence-corrected chi connectivity index (χ2v) is 6.66. The van der Waals surface area contributed by atoms with Gasteiger partial charge in [-0.25, -0.2) is 9.97 Å². The van der Waals surface area contributed by atoms with E-state index < -0.39 is 0 Å². The van der Waals surface area contributed by atoms with Crippen molar-refractivity contribution in [1.82, 2.24) is 9.97 Å². The van der Waals surface area contributed by atoms with Crippen LogP contribution in [0.1, 0.15) is 22.4 Å². The van der Waals surface area contributed by atoms with Gasteiger partial charge in [-0.1, -0.05) is 24.3 Å². The zero-order chi connectivity index (χ0) is 19.3. The SMILES string of the molecule is COc1ccc(/C=C/c2ccnc(N3CCc4ccccc4C3)n2)c(OC)c1. The monoisotopic (exact) mass is 373 g/mol. The Morgan fingerprint density at radius 2 is 1.82 bits per heavy atom. The van der Waals surface area contributed by atoms with Crippen LogP contribution in [0.2, 0.25) is 0 Å². The molecule has 0 fully saturated rings. The summed E-state index contributed by atoms with van der Waals surface area (Å²) in [6, 6.07) is 16.2. The van der Waals surface area contributed by atoms with Crippen LogP contribution in [0.4, 0.5) is 5.95 Å². The summed E-state index contributed by atoms with van der Waals surface area (Å²) in [6.45, 7) is 1.77. The van der Waals surface area contributed by atoms with E-state index in [0.717, 1.165) is 48.2 Å². The van der Waals surface area contributed by atoms with Crippen molar-refractivity contribution < 1.29 is 9.47 Å². The first kappa shape index (κ1) is 18.0. The number of methoxy groups -OCH3 is 2. The number of rotatable bonds is 5. The van der Waals surface area contributed by atoms with E-state index in [-0.39, 0.29) is 0 Å². The van der Waals surface area contributed by atoms with Crippen LogP contribution in [0.15, 0.2) is 54.7 Å². The maximum atomic E-state index is 5.46. The summed E-state index contributed by atoms with van der Waals surface area (Å²) < 4.78 is 10.7. The molecule has 5 nitrogen and oxygen atoms in total. The zero-order valence-corrected chi connectivity index (χ0v) is 16.1. The largest absolute Gasteiger partial charge is 0.497 e. The number of hydrogen-bond acceptors (Lipinski definition) is 5. The molecule has 1 aromatic heterocycles. The summed E-state index contributed by atoms with van der Waals surface area (Å²) in [4.78, 5) is 11.5. The summed E-state index contributed by atoms with van der Waals surface area (Å²) in [6.07, 6.45) is 6.81. The number of nitrogens with zero attached hydrogens (tertiary/aromatic N) is 3. The van der Waals surface area contributed by atoms with E-state index in [9.17, 15) is 0 Å². The van der Waals surface area contributed by atoms with E-state index in [2.05, 4.69) is 34.1 Å². The number of hydrogen-bond donors (Lipinski definition) is 0. The smallest absolute Gasteiger partial charge is 0.226 e. The molecule has 1 aliphatic heterocycles. The van der Waals surface area contributed by atoms with Gasteiger partial charge < -0.3 is 14.4 Å². The predicted octanol–water partition coefficient (Wildman–Crippen LogP) is 4.23. The first-order chi connectivity index (χ1) is 13.8.